The van der Waals surface area contributed by atoms with Crippen molar-refractivity contribution in [1.29, 1.82) is 0 Å². The molecule has 16 heavy (non-hydrogen) atoms. The van der Waals surface area contributed by atoms with E-state index in [0.717, 1.165) is 13.1 Å². The van der Waals surface area contributed by atoms with E-state index in [1.165, 1.54) is 29.7 Å². The summed E-state index contributed by atoms with van der Waals surface area (Å²) in [5, 5.41) is 10.8. The molecule has 2 aromatic rings. The number of nitrogens with one attached hydrogen (secondary N) is 3. The molecule has 0 amide bonds. The van der Waals surface area contributed by atoms with E-state index in [1.54, 1.807) is 0 Å². The van der Waals surface area contributed by atoms with Crippen LogP contribution in [0.15, 0.2) is 24.7 Å². The average Bonchev–Trinajstić information content (AvgIpc) is 3.01. The number of hydrogen-bond acceptors (Lipinski definition) is 2. The van der Waals surface area contributed by atoms with Gasteiger partial charge in [0.2, 0.25) is 0 Å². The number of aromatic amines is 2. The van der Waals surface area contributed by atoms with Gasteiger partial charge in [-0.3, -0.25) is 5.10 Å². The molecule has 3 rings (SSSR count). The van der Waals surface area contributed by atoms with Crippen LogP contribution in [-0.4, -0.2) is 28.3 Å². The standard InChI is InChI=1S/C12H16N4/c1-4-13-5-2-9(1)12-11(8-15-16-12)10-3-6-14-7-10/h3,6-9,13-14H,1-2,4-5H2,(H,15,16). The minimum absolute atomic E-state index is 0.619. The molecule has 0 saturated carbocycles. The third-order valence-corrected chi connectivity index (χ3v) is 3.33. The largest absolute Gasteiger partial charge is 0.367 e. The van der Waals surface area contributed by atoms with E-state index in [2.05, 4.69) is 26.6 Å². The minimum Gasteiger partial charge on any atom is -0.367 e. The van der Waals surface area contributed by atoms with Gasteiger partial charge in [0, 0.05) is 35.1 Å². The summed E-state index contributed by atoms with van der Waals surface area (Å²) >= 11 is 0. The fraction of sp³-hybridized carbons (Fsp3) is 0.417. The summed E-state index contributed by atoms with van der Waals surface area (Å²) in [6.07, 6.45) is 8.30. The predicted octanol–water partition coefficient (Wildman–Crippen LogP) is 1.87. The Hall–Kier alpha value is -1.55. The minimum atomic E-state index is 0.619. The van der Waals surface area contributed by atoms with E-state index in [9.17, 15) is 0 Å². The van der Waals surface area contributed by atoms with Crippen LogP contribution in [-0.2, 0) is 0 Å². The van der Waals surface area contributed by atoms with Crippen molar-refractivity contribution < 1.29 is 0 Å². The second-order valence-electron chi connectivity index (χ2n) is 4.32. The van der Waals surface area contributed by atoms with Gasteiger partial charge in [-0.1, -0.05) is 0 Å². The highest BCUT2D eigenvalue weighted by Gasteiger charge is 2.20. The van der Waals surface area contributed by atoms with Gasteiger partial charge in [-0.25, -0.2) is 0 Å². The Labute approximate surface area is 94.5 Å². The van der Waals surface area contributed by atoms with Gasteiger partial charge in [0.1, 0.15) is 0 Å². The molecule has 0 bridgehead atoms. The molecule has 4 nitrogen and oxygen atoms in total. The number of piperidine rings is 1. The lowest BCUT2D eigenvalue weighted by atomic mass is 9.91. The van der Waals surface area contributed by atoms with E-state index in [1.807, 2.05) is 18.6 Å². The first-order valence-corrected chi connectivity index (χ1v) is 5.82. The van der Waals surface area contributed by atoms with Crippen LogP contribution in [0.3, 0.4) is 0 Å². The summed E-state index contributed by atoms with van der Waals surface area (Å²) in [5.74, 6) is 0.619. The molecule has 0 aliphatic carbocycles. The van der Waals surface area contributed by atoms with E-state index in [0.29, 0.717) is 5.92 Å². The fourth-order valence-corrected chi connectivity index (χ4v) is 2.44. The Kier molecular flexibility index (Phi) is 2.50. The van der Waals surface area contributed by atoms with E-state index < -0.39 is 0 Å². The molecule has 1 aliphatic heterocycles. The van der Waals surface area contributed by atoms with Crippen LogP contribution in [0, 0.1) is 0 Å². The zero-order valence-electron chi connectivity index (χ0n) is 9.16. The van der Waals surface area contributed by atoms with Crippen molar-refractivity contribution in [3.05, 3.63) is 30.4 Å². The lowest BCUT2D eigenvalue weighted by molar-refractivity contribution is 0.453. The smallest absolute Gasteiger partial charge is 0.0569 e. The molecule has 0 radical (unpaired) electrons. The van der Waals surface area contributed by atoms with Crippen molar-refractivity contribution in [2.24, 2.45) is 0 Å². The quantitative estimate of drug-likeness (QED) is 0.717. The van der Waals surface area contributed by atoms with Gasteiger partial charge in [0.15, 0.2) is 0 Å². The third-order valence-electron chi connectivity index (χ3n) is 3.33. The molecular weight excluding hydrogens is 200 g/mol. The summed E-state index contributed by atoms with van der Waals surface area (Å²) < 4.78 is 0. The maximum Gasteiger partial charge on any atom is 0.0569 e. The van der Waals surface area contributed by atoms with Gasteiger partial charge in [0.25, 0.3) is 0 Å². The van der Waals surface area contributed by atoms with E-state index in [4.69, 9.17) is 0 Å². The highest BCUT2D eigenvalue weighted by atomic mass is 15.1. The van der Waals surface area contributed by atoms with Crippen LogP contribution in [0.4, 0.5) is 0 Å². The molecule has 0 unspecified atom stereocenters. The van der Waals surface area contributed by atoms with Crippen LogP contribution in [0.2, 0.25) is 0 Å². The summed E-state index contributed by atoms with van der Waals surface area (Å²) in [6, 6.07) is 2.09. The molecule has 1 aliphatic rings. The van der Waals surface area contributed by atoms with Gasteiger partial charge < -0.3 is 10.3 Å². The molecule has 0 spiro atoms. The number of H-pyrrole nitrogens is 2. The van der Waals surface area contributed by atoms with Crippen molar-refractivity contribution >= 4 is 0 Å². The van der Waals surface area contributed by atoms with Crippen LogP contribution in [0.5, 0.6) is 0 Å². The molecule has 3 N–H and O–H groups in total. The second kappa shape index (κ2) is 4.14. The van der Waals surface area contributed by atoms with Gasteiger partial charge in [-0.2, -0.15) is 5.10 Å². The third kappa shape index (κ3) is 1.65. The first-order chi connectivity index (χ1) is 7.95. The summed E-state index contributed by atoms with van der Waals surface area (Å²) in [5.41, 5.74) is 3.76. The molecule has 0 aromatic carbocycles. The molecule has 4 heteroatoms. The monoisotopic (exact) mass is 216 g/mol. The Morgan fingerprint density at radius 2 is 2.12 bits per heavy atom. The molecule has 3 heterocycles. The van der Waals surface area contributed by atoms with Crippen molar-refractivity contribution in [1.82, 2.24) is 20.5 Å². The zero-order valence-corrected chi connectivity index (χ0v) is 9.16. The second-order valence-corrected chi connectivity index (χ2v) is 4.32. The first-order valence-electron chi connectivity index (χ1n) is 5.82. The Morgan fingerprint density at radius 1 is 1.25 bits per heavy atom. The molecule has 84 valence electrons. The Bertz CT molecular complexity index is 437. The Morgan fingerprint density at radius 3 is 2.88 bits per heavy atom. The molecule has 2 aromatic heterocycles. The van der Waals surface area contributed by atoms with Crippen LogP contribution < -0.4 is 5.32 Å². The normalized spacial score (nSPS) is 17.8. The number of nitrogens with zero attached hydrogens (tertiary/aromatic N) is 1. The summed E-state index contributed by atoms with van der Waals surface area (Å²) in [4.78, 5) is 3.09. The summed E-state index contributed by atoms with van der Waals surface area (Å²) in [7, 11) is 0. The van der Waals surface area contributed by atoms with Crippen LogP contribution in [0.25, 0.3) is 11.1 Å². The van der Waals surface area contributed by atoms with E-state index in [-0.39, 0.29) is 0 Å². The first kappa shape index (κ1) is 9.66. The SMILES string of the molecule is c1cc(-c2cn[nH]c2C2CCNCC2)c[nH]1. The van der Waals surface area contributed by atoms with Crippen molar-refractivity contribution in [2.75, 3.05) is 13.1 Å². The number of aromatic nitrogens is 3. The number of hydrogen-bond donors (Lipinski definition) is 3. The average molecular weight is 216 g/mol. The van der Waals surface area contributed by atoms with Crippen molar-refractivity contribution in [3.63, 3.8) is 0 Å². The van der Waals surface area contributed by atoms with Crippen LogP contribution in [0.1, 0.15) is 24.5 Å². The predicted molar refractivity (Wildman–Crippen MR) is 63.2 cm³/mol. The van der Waals surface area contributed by atoms with Crippen molar-refractivity contribution in [3.8, 4) is 11.1 Å². The highest BCUT2D eigenvalue weighted by Crippen LogP contribution is 2.31. The summed E-state index contributed by atoms with van der Waals surface area (Å²) in [6.45, 7) is 2.21. The zero-order chi connectivity index (χ0) is 10.8. The highest BCUT2D eigenvalue weighted by molar-refractivity contribution is 5.65. The molecule has 1 saturated heterocycles. The fourth-order valence-electron chi connectivity index (χ4n) is 2.44. The van der Waals surface area contributed by atoms with Gasteiger partial charge in [-0.05, 0) is 32.0 Å². The van der Waals surface area contributed by atoms with Crippen molar-refractivity contribution in [2.45, 2.75) is 18.8 Å². The lowest BCUT2D eigenvalue weighted by Gasteiger charge is -2.22. The topological polar surface area (TPSA) is 56.5 Å². The number of rotatable bonds is 2. The molecular formula is C12H16N4. The molecule has 0 atom stereocenters. The van der Waals surface area contributed by atoms with E-state index >= 15 is 0 Å². The maximum absolute atomic E-state index is 4.19. The van der Waals surface area contributed by atoms with Gasteiger partial charge >= 0.3 is 0 Å². The van der Waals surface area contributed by atoms with Crippen LogP contribution >= 0.6 is 0 Å². The van der Waals surface area contributed by atoms with Gasteiger partial charge in [-0.15, -0.1) is 0 Å². The molecule has 1 fully saturated rings. The van der Waals surface area contributed by atoms with Gasteiger partial charge in [0.05, 0.1) is 6.20 Å². The maximum atomic E-state index is 4.19. The lowest BCUT2D eigenvalue weighted by Crippen LogP contribution is -2.27. The Balaban J connectivity index is 1.92.